The minimum Gasteiger partial charge on any atom is -0.377 e. The Hall–Kier alpha value is -1.19. The summed E-state index contributed by atoms with van der Waals surface area (Å²) >= 11 is 1.70. The molecule has 0 aliphatic heterocycles. The minimum atomic E-state index is 0.967. The van der Waals surface area contributed by atoms with Crippen molar-refractivity contribution in [2.24, 2.45) is 0 Å². The Bertz CT molecular complexity index is 509. The average Bonchev–Trinajstić information content (AvgIpc) is 2.35. The van der Waals surface area contributed by atoms with Gasteiger partial charge in [0.25, 0.3) is 0 Å². The highest BCUT2D eigenvalue weighted by molar-refractivity contribution is 7.97. The Morgan fingerprint density at radius 1 is 1.06 bits per heavy atom. The molecular weight excluding hydrogens is 228 g/mol. The number of hydrogen-bond acceptors (Lipinski definition) is 3. The van der Waals surface area contributed by atoms with E-state index in [0.29, 0.717) is 0 Å². The summed E-state index contributed by atoms with van der Waals surface area (Å²) in [6, 6.07) is 12.9. The van der Waals surface area contributed by atoms with Crippen molar-refractivity contribution < 1.29 is 0 Å². The van der Waals surface area contributed by atoms with Crippen LogP contribution in [0.5, 0.6) is 0 Å². The summed E-state index contributed by atoms with van der Waals surface area (Å²) in [5.41, 5.74) is 1.27. The van der Waals surface area contributed by atoms with Crippen LogP contribution in [0.4, 0.5) is 5.69 Å². The fraction of sp³-hybridized carbons (Fsp3) is 0.286. The normalized spacial score (nSPS) is 10.8. The second-order valence-corrected chi connectivity index (χ2v) is 5.06. The van der Waals surface area contributed by atoms with Crippen LogP contribution in [-0.2, 0) is 0 Å². The zero-order chi connectivity index (χ0) is 12.3. The van der Waals surface area contributed by atoms with Crippen molar-refractivity contribution in [3.05, 3.63) is 36.4 Å². The first-order chi connectivity index (χ1) is 8.24. The molecule has 0 bridgehead atoms. The zero-order valence-electron chi connectivity index (χ0n) is 10.5. The quantitative estimate of drug-likeness (QED) is 0.831. The van der Waals surface area contributed by atoms with Crippen molar-refractivity contribution in [2.75, 3.05) is 25.5 Å². The number of anilines is 1. The summed E-state index contributed by atoms with van der Waals surface area (Å²) in [4.78, 5) is 3.44. The molecule has 17 heavy (non-hydrogen) atoms. The van der Waals surface area contributed by atoms with E-state index in [4.69, 9.17) is 0 Å². The molecule has 3 heteroatoms. The van der Waals surface area contributed by atoms with E-state index in [0.717, 1.165) is 6.54 Å². The first kappa shape index (κ1) is 12.3. The summed E-state index contributed by atoms with van der Waals surface area (Å²) in [5.74, 6) is 0. The lowest BCUT2D eigenvalue weighted by atomic mass is 10.1. The first-order valence-electron chi connectivity index (χ1n) is 5.82. The van der Waals surface area contributed by atoms with Crippen molar-refractivity contribution in [3.63, 3.8) is 0 Å². The summed E-state index contributed by atoms with van der Waals surface area (Å²) in [5, 5.41) is 2.62. The number of rotatable bonds is 4. The van der Waals surface area contributed by atoms with Crippen LogP contribution < -0.4 is 9.62 Å². The lowest BCUT2D eigenvalue weighted by molar-refractivity contribution is 1.03. The first-order valence-corrected chi connectivity index (χ1v) is 6.64. The van der Waals surface area contributed by atoms with Gasteiger partial charge in [0.2, 0.25) is 0 Å². The molecule has 0 aromatic heterocycles. The molecule has 0 aliphatic carbocycles. The van der Waals surface area contributed by atoms with Gasteiger partial charge < -0.3 is 4.90 Å². The monoisotopic (exact) mass is 246 g/mol. The number of nitrogens with one attached hydrogen (secondary N) is 1. The molecule has 0 fully saturated rings. The van der Waals surface area contributed by atoms with Gasteiger partial charge in [-0.2, -0.15) is 0 Å². The van der Waals surface area contributed by atoms with E-state index in [2.05, 4.69) is 67.0 Å². The van der Waals surface area contributed by atoms with Crippen molar-refractivity contribution >= 4 is 28.4 Å². The van der Waals surface area contributed by atoms with E-state index in [9.17, 15) is 0 Å². The van der Waals surface area contributed by atoms with Gasteiger partial charge in [0.05, 0.1) is 0 Å². The molecular formula is C14H18N2S. The van der Waals surface area contributed by atoms with Crippen molar-refractivity contribution in [1.29, 1.82) is 0 Å². The van der Waals surface area contributed by atoms with Crippen LogP contribution in [0.2, 0.25) is 0 Å². The smallest absolute Gasteiger partial charge is 0.0441 e. The zero-order valence-corrected chi connectivity index (χ0v) is 11.3. The van der Waals surface area contributed by atoms with E-state index in [1.165, 1.54) is 21.4 Å². The van der Waals surface area contributed by atoms with E-state index < -0.39 is 0 Å². The Kier molecular flexibility index (Phi) is 3.92. The Morgan fingerprint density at radius 3 is 2.47 bits per heavy atom. The van der Waals surface area contributed by atoms with Crippen LogP contribution in [-0.4, -0.2) is 20.6 Å². The molecule has 1 N–H and O–H groups in total. The van der Waals surface area contributed by atoms with E-state index in [-0.39, 0.29) is 0 Å². The van der Waals surface area contributed by atoms with E-state index >= 15 is 0 Å². The number of hydrogen-bond donors (Lipinski definition) is 1. The molecule has 0 saturated carbocycles. The summed E-state index contributed by atoms with van der Waals surface area (Å²) < 4.78 is 3.31. The number of fused-ring (bicyclic) bond motifs is 1. The molecule has 0 saturated heterocycles. The fourth-order valence-corrected chi connectivity index (χ4v) is 2.63. The maximum absolute atomic E-state index is 3.31. The third-order valence-electron chi connectivity index (χ3n) is 2.67. The Balaban J connectivity index is 2.53. The third-order valence-corrected chi connectivity index (χ3v) is 3.68. The van der Waals surface area contributed by atoms with Crippen LogP contribution in [0.25, 0.3) is 10.8 Å². The Labute approximate surface area is 107 Å². The summed E-state index contributed by atoms with van der Waals surface area (Å²) in [6.45, 7) is 3.08. The SMILES string of the molecule is CCNSc1cccc2c(N(C)C)cccc12. The van der Waals surface area contributed by atoms with Gasteiger partial charge in [-0.1, -0.05) is 31.2 Å². The molecule has 2 aromatic rings. The summed E-state index contributed by atoms with van der Waals surface area (Å²) in [6.07, 6.45) is 0. The highest BCUT2D eigenvalue weighted by Gasteiger charge is 2.06. The van der Waals surface area contributed by atoms with Gasteiger partial charge in [-0.05, 0) is 29.5 Å². The Morgan fingerprint density at radius 2 is 1.76 bits per heavy atom. The molecule has 0 spiro atoms. The van der Waals surface area contributed by atoms with Crippen molar-refractivity contribution in [3.8, 4) is 0 Å². The van der Waals surface area contributed by atoms with Gasteiger partial charge >= 0.3 is 0 Å². The van der Waals surface area contributed by atoms with Crippen LogP contribution in [0, 0.1) is 0 Å². The molecule has 0 heterocycles. The highest BCUT2D eigenvalue weighted by Crippen LogP contribution is 2.31. The average molecular weight is 246 g/mol. The van der Waals surface area contributed by atoms with Crippen molar-refractivity contribution in [2.45, 2.75) is 11.8 Å². The second kappa shape index (κ2) is 5.43. The van der Waals surface area contributed by atoms with Crippen LogP contribution >= 0.6 is 11.9 Å². The van der Waals surface area contributed by atoms with Crippen molar-refractivity contribution in [1.82, 2.24) is 4.72 Å². The lowest BCUT2D eigenvalue weighted by Crippen LogP contribution is -2.09. The van der Waals surface area contributed by atoms with Gasteiger partial charge in [0.15, 0.2) is 0 Å². The third kappa shape index (κ3) is 2.56. The van der Waals surface area contributed by atoms with Crippen LogP contribution in [0.1, 0.15) is 6.92 Å². The number of nitrogens with zero attached hydrogens (tertiary/aromatic N) is 1. The van der Waals surface area contributed by atoms with Gasteiger partial charge in [-0.3, -0.25) is 4.72 Å². The lowest BCUT2D eigenvalue weighted by Gasteiger charge is -2.16. The predicted octanol–water partition coefficient (Wildman–Crippen LogP) is 3.52. The van der Waals surface area contributed by atoms with Crippen LogP contribution in [0.3, 0.4) is 0 Å². The molecule has 2 nitrogen and oxygen atoms in total. The largest absolute Gasteiger partial charge is 0.377 e. The van der Waals surface area contributed by atoms with E-state index in [1.807, 2.05) is 0 Å². The molecule has 0 amide bonds. The topological polar surface area (TPSA) is 15.3 Å². The van der Waals surface area contributed by atoms with Gasteiger partial charge in [0, 0.05) is 36.6 Å². The maximum atomic E-state index is 3.31. The molecule has 0 atom stereocenters. The minimum absolute atomic E-state index is 0.967. The van der Waals surface area contributed by atoms with Crippen LogP contribution in [0.15, 0.2) is 41.3 Å². The predicted molar refractivity (Wildman–Crippen MR) is 77.8 cm³/mol. The molecule has 2 rings (SSSR count). The molecule has 0 aliphatic rings. The second-order valence-electron chi connectivity index (χ2n) is 4.12. The molecule has 90 valence electrons. The standard InChI is InChI=1S/C14H18N2S/c1-4-15-17-14-10-6-7-11-12(14)8-5-9-13(11)16(2)3/h5-10,15H,4H2,1-3H3. The van der Waals surface area contributed by atoms with Gasteiger partial charge in [0.1, 0.15) is 0 Å². The van der Waals surface area contributed by atoms with E-state index in [1.54, 1.807) is 11.9 Å². The summed E-state index contributed by atoms with van der Waals surface area (Å²) in [7, 11) is 4.16. The van der Waals surface area contributed by atoms with Gasteiger partial charge in [-0.15, -0.1) is 0 Å². The molecule has 0 radical (unpaired) electrons. The number of benzene rings is 2. The molecule has 2 aromatic carbocycles. The highest BCUT2D eigenvalue weighted by atomic mass is 32.2. The molecule has 0 unspecified atom stereocenters. The van der Waals surface area contributed by atoms with Gasteiger partial charge in [-0.25, -0.2) is 0 Å². The fourth-order valence-electron chi connectivity index (χ4n) is 1.89. The maximum Gasteiger partial charge on any atom is 0.0441 e.